The van der Waals surface area contributed by atoms with Crippen LogP contribution in [0.1, 0.15) is 59.3 Å². The molecule has 1 amide bonds. The van der Waals surface area contributed by atoms with E-state index in [4.69, 9.17) is 0 Å². The number of halogens is 1. The number of aryl methyl sites for hydroxylation is 1. The van der Waals surface area contributed by atoms with Crippen LogP contribution in [0.4, 0.5) is 4.39 Å². The van der Waals surface area contributed by atoms with Gasteiger partial charge in [0, 0.05) is 30.0 Å². The van der Waals surface area contributed by atoms with E-state index in [1.807, 2.05) is 49.5 Å². The summed E-state index contributed by atoms with van der Waals surface area (Å²) in [5.74, 6) is -0.125. The maximum Gasteiger partial charge on any atom is 0.254 e. The van der Waals surface area contributed by atoms with Gasteiger partial charge in [-0.3, -0.25) is 4.79 Å². The van der Waals surface area contributed by atoms with Gasteiger partial charge in [-0.1, -0.05) is 49.1 Å². The Morgan fingerprint density at radius 1 is 1.03 bits per heavy atom. The largest absolute Gasteiger partial charge is 0.345 e. The lowest BCUT2D eigenvalue weighted by molar-refractivity contribution is 0.0608. The lowest BCUT2D eigenvalue weighted by Gasteiger charge is -2.35. The van der Waals surface area contributed by atoms with Gasteiger partial charge in [-0.15, -0.1) is 0 Å². The van der Waals surface area contributed by atoms with Crippen LogP contribution in [0.15, 0.2) is 66.9 Å². The van der Waals surface area contributed by atoms with Crippen molar-refractivity contribution in [1.29, 1.82) is 0 Å². The topological polar surface area (TPSA) is 25.2 Å². The van der Waals surface area contributed by atoms with Crippen LogP contribution in [0.2, 0.25) is 0 Å². The maximum atomic E-state index is 13.6. The van der Waals surface area contributed by atoms with E-state index in [0.717, 1.165) is 35.2 Å². The first-order valence-electron chi connectivity index (χ1n) is 10.9. The van der Waals surface area contributed by atoms with Crippen LogP contribution >= 0.6 is 0 Å². The second-order valence-electron chi connectivity index (χ2n) is 8.35. The van der Waals surface area contributed by atoms with Crippen LogP contribution in [0.3, 0.4) is 0 Å². The fraction of sp³-hybridized carbons (Fsp3) is 0.346. The van der Waals surface area contributed by atoms with Gasteiger partial charge in [0.05, 0.1) is 6.54 Å². The van der Waals surface area contributed by atoms with E-state index in [-0.39, 0.29) is 17.8 Å². The molecule has 0 radical (unpaired) electrons. The molecule has 1 aromatic heterocycles. The normalized spacial score (nSPS) is 14.6. The van der Waals surface area contributed by atoms with Crippen molar-refractivity contribution in [3.63, 3.8) is 0 Å². The van der Waals surface area contributed by atoms with Crippen LogP contribution in [-0.2, 0) is 13.1 Å². The summed E-state index contributed by atoms with van der Waals surface area (Å²) in [6.45, 7) is 3.20. The molecule has 1 heterocycles. The van der Waals surface area contributed by atoms with Crippen molar-refractivity contribution >= 4 is 5.91 Å². The molecule has 0 saturated heterocycles. The van der Waals surface area contributed by atoms with Gasteiger partial charge in [-0.25, -0.2) is 4.39 Å². The van der Waals surface area contributed by atoms with E-state index in [2.05, 4.69) is 15.5 Å². The Balaban J connectivity index is 1.58. The molecule has 156 valence electrons. The fourth-order valence-electron chi connectivity index (χ4n) is 4.38. The summed E-state index contributed by atoms with van der Waals surface area (Å²) in [5, 5.41) is 0. The number of carbonyl (C=O) groups excluding carboxylic acids is 1. The third-order valence-corrected chi connectivity index (χ3v) is 6.07. The van der Waals surface area contributed by atoms with Crippen molar-refractivity contribution in [3.8, 4) is 0 Å². The zero-order chi connectivity index (χ0) is 20.9. The van der Waals surface area contributed by atoms with Crippen LogP contribution in [-0.4, -0.2) is 21.4 Å². The number of nitrogens with zero attached hydrogens (tertiary/aromatic N) is 2. The van der Waals surface area contributed by atoms with E-state index in [1.54, 1.807) is 12.1 Å². The van der Waals surface area contributed by atoms with Gasteiger partial charge in [0.2, 0.25) is 0 Å². The van der Waals surface area contributed by atoms with Gasteiger partial charge in [0.25, 0.3) is 5.91 Å². The summed E-state index contributed by atoms with van der Waals surface area (Å²) in [6, 6.07) is 18.9. The molecule has 0 N–H and O–H groups in total. The summed E-state index contributed by atoms with van der Waals surface area (Å²) >= 11 is 0. The smallest absolute Gasteiger partial charge is 0.254 e. The van der Waals surface area contributed by atoms with Gasteiger partial charge in [0.15, 0.2) is 0 Å². The van der Waals surface area contributed by atoms with E-state index in [9.17, 15) is 9.18 Å². The van der Waals surface area contributed by atoms with Gasteiger partial charge >= 0.3 is 0 Å². The first-order valence-corrected chi connectivity index (χ1v) is 10.9. The van der Waals surface area contributed by atoms with E-state index in [0.29, 0.717) is 13.1 Å². The molecule has 30 heavy (non-hydrogen) atoms. The van der Waals surface area contributed by atoms with Gasteiger partial charge < -0.3 is 9.47 Å². The molecule has 3 aromatic rings. The predicted molar refractivity (Wildman–Crippen MR) is 118 cm³/mol. The Morgan fingerprint density at radius 2 is 1.80 bits per heavy atom. The monoisotopic (exact) mass is 404 g/mol. The van der Waals surface area contributed by atoms with Gasteiger partial charge in [-0.05, 0) is 61.7 Å². The standard InChI is InChI=1S/C26H29FN2O/c1-20-12-14-22(15-13-20)26(30)29(24-9-3-2-4-10-24)19-25-11-6-16-28(25)18-21-7-5-8-23(27)17-21/h5-8,11-17,24H,2-4,9-10,18-19H2,1H3. The molecule has 0 aliphatic heterocycles. The van der Waals surface area contributed by atoms with Crippen molar-refractivity contribution in [1.82, 2.24) is 9.47 Å². The van der Waals surface area contributed by atoms with Crippen molar-refractivity contribution < 1.29 is 9.18 Å². The van der Waals surface area contributed by atoms with E-state index < -0.39 is 0 Å². The second kappa shape index (κ2) is 9.29. The number of benzene rings is 2. The third-order valence-electron chi connectivity index (χ3n) is 6.07. The molecule has 2 aromatic carbocycles. The Hall–Kier alpha value is -2.88. The molecular formula is C26H29FN2O. The Morgan fingerprint density at radius 3 is 2.53 bits per heavy atom. The van der Waals surface area contributed by atoms with Crippen molar-refractivity contribution in [2.75, 3.05) is 0 Å². The number of amides is 1. The average molecular weight is 405 g/mol. The summed E-state index contributed by atoms with van der Waals surface area (Å²) in [5.41, 5.74) is 3.89. The van der Waals surface area contributed by atoms with Crippen molar-refractivity contribution in [3.05, 3.63) is 95.1 Å². The van der Waals surface area contributed by atoms with Crippen LogP contribution in [0.5, 0.6) is 0 Å². The SMILES string of the molecule is Cc1ccc(C(=O)N(Cc2cccn2Cc2cccc(F)c2)C2CCCCC2)cc1. The molecule has 4 heteroatoms. The minimum atomic E-state index is -0.223. The first-order chi connectivity index (χ1) is 14.6. The maximum absolute atomic E-state index is 13.6. The number of carbonyl (C=O) groups is 1. The quantitative estimate of drug-likeness (QED) is 0.498. The summed E-state index contributed by atoms with van der Waals surface area (Å²) in [6.07, 6.45) is 7.72. The van der Waals surface area contributed by atoms with Crippen molar-refractivity contribution in [2.45, 2.75) is 58.2 Å². The van der Waals surface area contributed by atoms with Crippen LogP contribution in [0, 0.1) is 12.7 Å². The van der Waals surface area contributed by atoms with Gasteiger partial charge in [-0.2, -0.15) is 0 Å². The highest BCUT2D eigenvalue weighted by molar-refractivity contribution is 5.94. The van der Waals surface area contributed by atoms with Crippen molar-refractivity contribution in [2.24, 2.45) is 0 Å². The third kappa shape index (κ3) is 4.81. The second-order valence-corrected chi connectivity index (χ2v) is 8.35. The molecule has 0 atom stereocenters. The zero-order valence-electron chi connectivity index (χ0n) is 17.6. The molecule has 0 spiro atoms. The molecule has 1 aliphatic carbocycles. The number of hydrogen-bond donors (Lipinski definition) is 0. The van der Waals surface area contributed by atoms with Crippen LogP contribution < -0.4 is 0 Å². The lowest BCUT2D eigenvalue weighted by atomic mass is 9.93. The predicted octanol–water partition coefficient (Wildman–Crippen LogP) is 5.96. The molecule has 0 unspecified atom stereocenters. The number of hydrogen-bond acceptors (Lipinski definition) is 1. The molecule has 1 saturated carbocycles. The fourth-order valence-corrected chi connectivity index (χ4v) is 4.38. The van der Waals surface area contributed by atoms with Gasteiger partial charge in [0.1, 0.15) is 5.82 Å². The number of aromatic nitrogens is 1. The molecular weight excluding hydrogens is 375 g/mol. The summed E-state index contributed by atoms with van der Waals surface area (Å²) in [7, 11) is 0. The summed E-state index contributed by atoms with van der Waals surface area (Å²) < 4.78 is 15.7. The molecule has 1 fully saturated rings. The highest BCUT2D eigenvalue weighted by Crippen LogP contribution is 2.26. The lowest BCUT2D eigenvalue weighted by Crippen LogP contribution is -2.41. The Kier molecular flexibility index (Phi) is 6.32. The summed E-state index contributed by atoms with van der Waals surface area (Å²) in [4.78, 5) is 15.5. The van der Waals surface area contributed by atoms with Crippen LogP contribution in [0.25, 0.3) is 0 Å². The Bertz CT molecular complexity index is 986. The van der Waals surface area contributed by atoms with E-state index in [1.165, 1.54) is 25.3 Å². The highest BCUT2D eigenvalue weighted by atomic mass is 19.1. The first kappa shape index (κ1) is 20.4. The molecule has 0 bridgehead atoms. The minimum Gasteiger partial charge on any atom is -0.345 e. The Labute approximate surface area is 178 Å². The average Bonchev–Trinajstić information content (AvgIpc) is 3.19. The highest BCUT2D eigenvalue weighted by Gasteiger charge is 2.27. The molecule has 3 nitrogen and oxygen atoms in total. The zero-order valence-corrected chi connectivity index (χ0v) is 17.6. The molecule has 4 rings (SSSR count). The number of rotatable bonds is 6. The minimum absolute atomic E-state index is 0.0976. The molecule has 1 aliphatic rings. The van der Waals surface area contributed by atoms with E-state index >= 15 is 0 Å².